The standard InChI is InChI=1S/C9H19NO/c1-4-5-6-7-9(10-3)8(2)11/h9-10H,4-7H2,1-3H3. The minimum atomic E-state index is 0.0848. The molecule has 0 aliphatic carbocycles. The zero-order valence-electron chi connectivity index (χ0n) is 7.81. The number of rotatable bonds is 6. The Morgan fingerprint density at radius 2 is 2.09 bits per heavy atom. The predicted octanol–water partition coefficient (Wildman–Crippen LogP) is 1.74. The van der Waals surface area contributed by atoms with E-state index in [1.807, 2.05) is 7.05 Å². The van der Waals surface area contributed by atoms with Gasteiger partial charge in [0.05, 0.1) is 6.04 Å². The molecule has 11 heavy (non-hydrogen) atoms. The van der Waals surface area contributed by atoms with Gasteiger partial charge in [-0.3, -0.25) is 4.79 Å². The van der Waals surface area contributed by atoms with Crippen LogP contribution in [0.2, 0.25) is 0 Å². The van der Waals surface area contributed by atoms with Crippen LogP contribution in [0.1, 0.15) is 39.5 Å². The van der Waals surface area contributed by atoms with E-state index in [1.54, 1.807) is 6.92 Å². The van der Waals surface area contributed by atoms with Crippen LogP contribution in [0.25, 0.3) is 0 Å². The summed E-state index contributed by atoms with van der Waals surface area (Å²) in [7, 11) is 1.85. The van der Waals surface area contributed by atoms with Crippen molar-refractivity contribution in [2.45, 2.75) is 45.6 Å². The largest absolute Gasteiger partial charge is 0.311 e. The van der Waals surface area contributed by atoms with Gasteiger partial charge in [-0.05, 0) is 20.4 Å². The van der Waals surface area contributed by atoms with Crippen molar-refractivity contribution < 1.29 is 4.79 Å². The Hall–Kier alpha value is -0.370. The van der Waals surface area contributed by atoms with Gasteiger partial charge >= 0.3 is 0 Å². The average Bonchev–Trinajstić information content (AvgIpc) is 1.97. The SMILES string of the molecule is CCCCCC(NC)C(C)=O. The van der Waals surface area contributed by atoms with Crippen LogP contribution in [0, 0.1) is 0 Å². The van der Waals surface area contributed by atoms with Crippen LogP contribution in [0.3, 0.4) is 0 Å². The van der Waals surface area contributed by atoms with Crippen LogP contribution in [-0.4, -0.2) is 18.9 Å². The fourth-order valence-electron chi connectivity index (χ4n) is 1.15. The predicted molar refractivity (Wildman–Crippen MR) is 47.7 cm³/mol. The van der Waals surface area contributed by atoms with Crippen molar-refractivity contribution in [2.75, 3.05) is 7.05 Å². The number of ketones is 1. The highest BCUT2D eigenvalue weighted by atomic mass is 16.1. The molecule has 0 aromatic heterocycles. The van der Waals surface area contributed by atoms with Crippen molar-refractivity contribution in [3.8, 4) is 0 Å². The van der Waals surface area contributed by atoms with Gasteiger partial charge < -0.3 is 5.32 Å². The molecule has 0 saturated heterocycles. The summed E-state index contributed by atoms with van der Waals surface area (Å²) >= 11 is 0. The maximum absolute atomic E-state index is 10.9. The molecule has 2 heteroatoms. The lowest BCUT2D eigenvalue weighted by Gasteiger charge is -2.11. The van der Waals surface area contributed by atoms with Crippen LogP contribution in [0.4, 0.5) is 0 Å². The van der Waals surface area contributed by atoms with E-state index >= 15 is 0 Å². The zero-order chi connectivity index (χ0) is 8.69. The van der Waals surface area contributed by atoms with Crippen LogP contribution >= 0.6 is 0 Å². The summed E-state index contributed by atoms with van der Waals surface area (Å²) in [4.78, 5) is 10.9. The van der Waals surface area contributed by atoms with Crippen molar-refractivity contribution in [3.05, 3.63) is 0 Å². The number of carbonyl (C=O) groups excluding carboxylic acids is 1. The molecule has 0 fully saturated rings. The van der Waals surface area contributed by atoms with Crippen molar-refractivity contribution in [1.82, 2.24) is 5.32 Å². The zero-order valence-corrected chi connectivity index (χ0v) is 7.81. The number of likely N-dealkylation sites (N-methyl/N-ethyl adjacent to an activating group) is 1. The molecule has 0 aromatic rings. The number of hydrogen-bond acceptors (Lipinski definition) is 2. The lowest BCUT2D eigenvalue weighted by Crippen LogP contribution is -2.31. The quantitative estimate of drug-likeness (QED) is 0.595. The molecule has 1 unspecified atom stereocenters. The summed E-state index contributed by atoms with van der Waals surface area (Å²) in [6, 6.07) is 0.0848. The highest BCUT2D eigenvalue weighted by molar-refractivity contribution is 5.81. The van der Waals surface area contributed by atoms with E-state index in [1.165, 1.54) is 12.8 Å². The summed E-state index contributed by atoms with van der Waals surface area (Å²) in [6.45, 7) is 3.81. The topological polar surface area (TPSA) is 29.1 Å². The van der Waals surface area contributed by atoms with E-state index in [0.717, 1.165) is 12.8 Å². The lowest BCUT2D eigenvalue weighted by molar-refractivity contribution is -0.119. The van der Waals surface area contributed by atoms with Crippen molar-refractivity contribution in [3.63, 3.8) is 0 Å². The van der Waals surface area contributed by atoms with Gasteiger partial charge in [0.25, 0.3) is 0 Å². The maximum Gasteiger partial charge on any atom is 0.146 e. The third-order valence-corrected chi connectivity index (χ3v) is 1.94. The second-order valence-electron chi connectivity index (χ2n) is 2.95. The average molecular weight is 157 g/mol. The van der Waals surface area contributed by atoms with Gasteiger partial charge in [-0.1, -0.05) is 26.2 Å². The van der Waals surface area contributed by atoms with Crippen molar-refractivity contribution in [2.24, 2.45) is 0 Å². The monoisotopic (exact) mass is 157 g/mol. The van der Waals surface area contributed by atoms with Gasteiger partial charge in [0.1, 0.15) is 5.78 Å². The van der Waals surface area contributed by atoms with Gasteiger partial charge in [-0.25, -0.2) is 0 Å². The van der Waals surface area contributed by atoms with Gasteiger partial charge in [-0.2, -0.15) is 0 Å². The molecule has 2 nitrogen and oxygen atoms in total. The maximum atomic E-state index is 10.9. The normalized spacial score (nSPS) is 13.0. The molecule has 0 saturated carbocycles. The Bertz CT molecular complexity index is 112. The highest BCUT2D eigenvalue weighted by Gasteiger charge is 2.09. The minimum Gasteiger partial charge on any atom is -0.311 e. The molecule has 66 valence electrons. The Balaban J connectivity index is 3.44. The first-order chi connectivity index (χ1) is 5.22. The molecule has 1 atom stereocenters. The third-order valence-electron chi connectivity index (χ3n) is 1.94. The number of nitrogens with one attached hydrogen (secondary N) is 1. The molecule has 0 aromatic carbocycles. The van der Waals surface area contributed by atoms with E-state index in [4.69, 9.17) is 0 Å². The first-order valence-electron chi connectivity index (χ1n) is 4.40. The van der Waals surface area contributed by atoms with Crippen LogP contribution < -0.4 is 5.32 Å². The molecule has 0 rings (SSSR count). The highest BCUT2D eigenvalue weighted by Crippen LogP contribution is 2.03. The second-order valence-corrected chi connectivity index (χ2v) is 2.95. The Kier molecular flexibility index (Phi) is 6.13. The number of unbranched alkanes of at least 4 members (excludes halogenated alkanes) is 2. The minimum absolute atomic E-state index is 0.0848. The second kappa shape index (κ2) is 6.35. The fraction of sp³-hybridized carbons (Fsp3) is 0.889. The Morgan fingerprint density at radius 3 is 2.45 bits per heavy atom. The molecular weight excluding hydrogens is 138 g/mol. The number of carbonyl (C=O) groups is 1. The molecule has 0 radical (unpaired) electrons. The smallest absolute Gasteiger partial charge is 0.146 e. The van der Waals surface area contributed by atoms with E-state index in [9.17, 15) is 4.79 Å². The van der Waals surface area contributed by atoms with E-state index in [0.29, 0.717) is 0 Å². The molecule has 0 bridgehead atoms. The van der Waals surface area contributed by atoms with Gasteiger partial charge in [0.2, 0.25) is 0 Å². The van der Waals surface area contributed by atoms with Gasteiger partial charge in [-0.15, -0.1) is 0 Å². The van der Waals surface area contributed by atoms with E-state index in [2.05, 4.69) is 12.2 Å². The first kappa shape index (κ1) is 10.6. The molecule has 0 spiro atoms. The third kappa shape index (κ3) is 4.96. The summed E-state index contributed by atoms with van der Waals surface area (Å²) in [5.41, 5.74) is 0. The summed E-state index contributed by atoms with van der Waals surface area (Å²) < 4.78 is 0. The van der Waals surface area contributed by atoms with Crippen LogP contribution in [-0.2, 0) is 4.79 Å². The summed E-state index contributed by atoms with van der Waals surface area (Å²) in [6.07, 6.45) is 4.58. The molecule has 0 aliphatic heterocycles. The molecule has 0 heterocycles. The fourth-order valence-corrected chi connectivity index (χ4v) is 1.15. The van der Waals surface area contributed by atoms with Crippen molar-refractivity contribution >= 4 is 5.78 Å². The Morgan fingerprint density at radius 1 is 1.45 bits per heavy atom. The Labute approximate surface area is 69.4 Å². The van der Waals surface area contributed by atoms with Crippen molar-refractivity contribution in [1.29, 1.82) is 0 Å². The van der Waals surface area contributed by atoms with Crippen LogP contribution in [0.15, 0.2) is 0 Å². The van der Waals surface area contributed by atoms with Gasteiger partial charge in [0, 0.05) is 0 Å². The van der Waals surface area contributed by atoms with Crippen LogP contribution in [0.5, 0.6) is 0 Å². The number of hydrogen-bond donors (Lipinski definition) is 1. The molecule has 1 N–H and O–H groups in total. The molecular formula is C9H19NO. The van der Waals surface area contributed by atoms with E-state index in [-0.39, 0.29) is 11.8 Å². The van der Waals surface area contributed by atoms with Gasteiger partial charge in [0.15, 0.2) is 0 Å². The summed E-state index contributed by atoms with van der Waals surface area (Å²) in [5, 5.41) is 3.01. The first-order valence-corrected chi connectivity index (χ1v) is 4.40. The molecule has 0 aliphatic rings. The summed E-state index contributed by atoms with van der Waals surface area (Å²) in [5.74, 6) is 0.253. The van der Waals surface area contributed by atoms with E-state index < -0.39 is 0 Å². The number of Topliss-reactive ketones (excluding diaryl/α,β-unsaturated/α-hetero) is 1. The molecule has 0 amide bonds. The lowest BCUT2D eigenvalue weighted by atomic mass is 10.1.